The maximum Gasteiger partial charge on any atom is 0.305 e. The van der Waals surface area contributed by atoms with Crippen molar-refractivity contribution in [2.75, 3.05) is 13.1 Å². The standard InChI is InChI=1S/C38H48N8O17S.H3N/c1-19(38(59)46-13-3-4-29(46)33(39)54)41-30(49)18-40-34(55)25(14-22-7-11-24(12-8-22)63-64(60,61)62)43-37(58)28(17-32(52)53)45-35(56)26(15-21-5-9-23(48)10-6-21)44-36(57)27(16-31(50)51)42-20(2)47;/h5-12,19,25-29,48H,3-4,13-18H2,1-2H3,(H2,39,54)(H,40,55)(H,41,49)(H,42,47)(H,43,58)(H,44,57)(H,45,56)(H,50,51)(H,52,53)(H,60,61,62);1H3/t19-,25-,26-,27-,28-,29-;/m0./s1. The second-order valence-electron chi connectivity index (χ2n) is 14.4. The summed E-state index contributed by atoms with van der Waals surface area (Å²) >= 11 is 0. The van der Waals surface area contributed by atoms with E-state index in [1.807, 2.05) is 0 Å². The predicted octanol–water partition coefficient (Wildman–Crippen LogP) is -3.60. The van der Waals surface area contributed by atoms with Gasteiger partial charge in [-0.15, -0.1) is 0 Å². The van der Waals surface area contributed by atoms with Crippen LogP contribution in [0.4, 0.5) is 0 Å². The van der Waals surface area contributed by atoms with Crippen LogP contribution in [0.25, 0.3) is 0 Å². The molecule has 8 amide bonds. The van der Waals surface area contributed by atoms with Crippen LogP contribution in [0.3, 0.4) is 0 Å². The lowest BCUT2D eigenvalue weighted by Gasteiger charge is -2.26. The lowest BCUT2D eigenvalue weighted by atomic mass is 10.0. The predicted molar refractivity (Wildman–Crippen MR) is 221 cm³/mol. The van der Waals surface area contributed by atoms with Crippen LogP contribution in [0, 0.1) is 0 Å². The van der Waals surface area contributed by atoms with Crippen molar-refractivity contribution in [2.24, 2.45) is 5.73 Å². The van der Waals surface area contributed by atoms with Crippen molar-refractivity contribution >= 4 is 69.6 Å². The summed E-state index contributed by atoms with van der Waals surface area (Å²) in [6, 6.07) is 0.617. The van der Waals surface area contributed by atoms with Crippen LogP contribution in [0.1, 0.15) is 50.7 Å². The van der Waals surface area contributed by atoms with Crippen LogP contribution in [0.15, 0.2) is 48.5 Å². The van der Waals surface area contributed by atoms with Crippen LogP contribution in [0.5, 0.6) is 11.5 Å². The van der Waals surface area contributed by atoms with Gasteiger partial charge in [0.15, 0.2) is 0 Å². The zero-order chi connectivity index (χ0) is 47.9. The molecule has 0 radical (unpaired) electrons. The van der Waals surface area contributed by atoms with Crippen LogP contribution in [0.2, 0.25) is 0 Å². The molecule has 0 spiro atoms. The van der Waals surface area contributed by atoms with E-state index >= 15 is 0 Å². The molecular weight excluding hydrogens is 887 g/mol. The normalized spacial score (nSPS) is 15.5. The number of phenolic OH excluding ortho intramolecular Hbond substituents is 1. The number of rotatable bonds is 23. The summed E-state index contributed by atoms with van der Waals surface area (Å²) in [7, 11) is -5.17. The molecule has 356 valence electrons. The molecule has 1 aliphatic rings. The SMILES string of the molecule is CC(=O)N[C@@H](CC(=O)O)C(=O)N[C@@H](Cc1ccc(O)cc1)C(=O)N[C@@H](CC(=O)O)C(=O)N[C@@H](Cc1ccc(OS(=O)(=O)[O-])cc1)C(=O)NCC(=O)N[C@@H](C)C(=O)N1CCC[C@H]1C(N)=O.[NH4+]. The van der Waals surface area contributed by atoms with E-state index in [2.05, 4.69) is 36.1 Å². The van der Waals surface area contributed by atoms with Crippen LogP contribution in [-0.4, -0.2) is 142 Å². The summed E-state index contributed by atoms with van der Waals surface area (Å²) in [5.41, 5.74) is 5.87. The number of phenols is 1. The Labute approximate surface area is 370 Å². The van der Waals surface area contributed by atoms with E-state index in [1.165, 1.54) is 48.2 Å². The number of hydrogen-bond acceptors (Lipinski definition) is 15. The summed E-state index contributed by atoms with van der Waals surface area (Å²) < 4.78 is 37.4. The van der Waals surface area contributed by atoms with Gasteiger partial charge in [0.05, 0.1) is 19.4 Å². The van der Waals surface area contributed by atoms with Crippen LogP contribution in [-0.2, 0) is 71.2 Å². The van der Waals surface area contributed by atoms with Crippen molar-refractivity contribution in [3.8, 4) is 11.5 Å². The third kappa shape index (κ3) is 18.1. The van der Waals surface area contributed by atoms with Gasteiger partial charge < -0.3 is 72.7 Å². The van der Waals surface area contributed by atoms with Crippen LogP contribution < -0.4 is 48.0 Å². The highest BCUT2D eigenvalue weighted by atomic mass is 32.3. The molecule has 27 heteroatoms. The van der Waals surface area contributed by atoms with Gasteiger partial charge in [0, 0.05) is 26.3 Å². The second-order valence-corrected chi connectivity index (χ2v) is 15.4. The molecule has 2 aromatic rings. The van der Waals surface area contributed by atoms with Gasteiger partial charge in [-0.05, 0) is 55.2 Å². The number of hydrogen-bond donors (Lipinski definition) is 11. The Balaban J connectivity index is 0.0000145. The first-order valence-corrected chi connectivity index (χ1v) is 20.6. The van der Waals surface area contributed by atoms with Gasteiger partial charge in [-0.25, -0.2) is 8.42 Å². The zero-order valence-electron chi connectivity index (χ0n) is 35.2. The zero-order valence-corrected chi connectivity index (χ0v) is 36.0. The Kier molecular flexibility index (Phi) is 20.2. The molecule has 65 heavy (non-hydrogen) atoms. The minimum absolute atomic E-state index is 0. The molecule has 1 heterocycles. The first-order valence-electron chi connectivity index (χ1n) is 19.2. The van der Waals surface area contributed by atoms with E-state index < -0.39 is 137 Å². The first kappa shape index (κ1) is 53.7. The number of primary amides is 1. The lowest BCUT2D eigenvalue weighted by molar-refractivity contribution is -0.141. The van der Waals surface area contributed by atoms with Crippen molar-refractivity contribution < 1.29 is 80.4 Å². The molecule has 0 saturated carbocycles. The number of nitrogens with zero attached hydrogens (tertiary/aromatic N) is 1. The Hall–Kier alpha value is -7.39. The molecule has 0 aromatic heterocycles. The molecule has 3 rings (SSSR count). The van der Waals surface area contributed by atoms with Crippen molar-refractivity contribution in [3.05, 3.63) is 59.7 Å². The van der Waals surface area contributed by atoms with Gasteiger partial charge >= 0.3 is 11.9 Å². The van der Waals surface area contributed by atoms with E-state index in [-0.39, 0.29) is 30.4 Å². The fourth-order valence-corrected chi connectivity index (χ4v) is 6.72. The summed E-state index contributed by atoms with van der Waals surface area (Å²) in [6.45, 7) is 1.77. The maximum atomic E-state index is 13.8. The van der Waals surface area contributed by atoms with Crippen molar-refractivity contribution in [3.63, 3.8) is 0 Å². The number of nitrogens with one attached hydrogen (secondary N) is 6. The molecular formula is C38H51N9O17S. The fraction of sp³-hybridized carbons (Fsp3) is 0.421. The molecule has 1 saturated heterocycles. The largest absolute Gasteiger partial charge is 0.716 e. The molecule has 15 N–H and O–H groups in total. The first-order chi connectivity index (χ1) is 29.9. The number of benzene rings is 2. The van der Waals surface area contributed by atoms with E-state index in [9.17, 15) is 76.2 Å². The molecule has 1 aliphatic heterocycles. The average molecular weight is 938 g/mol. The number of carboxylic acid groups (broad SMARTS) is 2. The average Bonchev–Trinajstić information content (AvgIpc) is 3.70. The highest BCUT2D eigenvalue weighted by Crippen LogP contribution is 2.19. The molecule has 26 nitrogen and oxygen atoms in total. The lowest BCUT2D eigenvalue weighted by Crippen LogP contribution is -2.59. The number of carbonyl (C=O) groups is 10. The number of carboxylic acids is 2. The fourth-order valence-electron chi connectivity index (χ4n) is 6.37. The van der Waals surface area contributed by atoms with Crippen molar-refractivity contribution in [2.45, 2.75) is 88.6 Å². The van der Waals surface area contributed by atoms with Crippen molar-refractivity contribution in [1.29, 1.82) is 0 Å². The van der Waals surface area contributed by atoms with E-state index in [4.69, 9.17) is 5.73 Å². The highest BCUT2D eigenvalue weighted by Gasteiger charge is 2.36. The topological polar surface area (TPSA) is 436 Å². The Bertz CT molecular complexity index is 2190. The monoisotopic (exact) mass is 937 g/mol. The van der Waals surface area contributed by atoms with Gasteiger partial charge in [0.2, 0.25) is 47.3 Å². The maximum absolute atomic E-state index is 13.8. The summed E-state index contributed by atoms with van der Waals surface area (Å²) in [6.07, 6.45) is -2.02. The highest BCUT2D eigenvalue weighted by molar-refractivity contribution is 7.81. The number of quaternary nitrogens is 1. The molecule has 0 bridgehead atoms. The minimum Gasteiger partial charge on any atom is -0.716 e. The number of aromatic hydroxyl groups is 1. The number of nitrogens with two attached hydrogens (primary N) is 1. The second kappa shape index (κ2) is 24.5. The number of carbonyl (C=O) groups excluding carboxylic acids is 8. The Morgan fingerprint density at radius 1 is 0.754 bits per heavy atom. The molecule has 0 unspecified atom stereocenters. The number of amides is 8. The summed E-state index contributed by atoms with van der Waals surface area (Å²) in [5, 5.41) is 42.3. The summed E-state index contributed by atoms with van der Waals surface area (Å²) in [5.74, 6) is -11.4. The van der Waals surface area contributed by atoms with Gasteiger partial charge in [-0.3, -0.25) is 47.9 Å². The Morgan fingerprint density at radius 2 is 1.22 bits per heavy atom. The Morgan fingerprint density at radius 3 is 1.69 bits per heavy atom. The van der Waals surface area contributed by atoms with Crippen molar-refractivity contribution in [1.82, 2.24) is 43.0 Å². The van der Waals surface area contributed by atoms with E-state index in [0.29, 0.717) is 18.4 Å². The number of aliphatic carboxylic acids is 2. The minimum atomic E-state index is -5.17. The van der Waals surface area contributed by atoms with Gasteiger partial charge in [0.25, 0.3) is 10.4 Å². The number of likely N-dealkylation sites (tertiary alicyclic amines) is 1. The summed E-state index contributed by atoms with van der Waals surface area (Å²) in [4.78, 5) is 128. The molecule has 2 aromatic carbocycles. The third-order valence-corrected chi connectivity index (χ3v) is 9.72. The van der Waals surface area contributed by atoms with Gasteiger partial charge in [-0.2, -0.15) is 0 Å². The quantitative estimate of drug-likeness (QED) is 0.0379. The molecule has 0 aliphatic carbocycles. The van der Waals surface area contributed by atoms with E-state index in [0.717, 1.165) is 19.1 Å². The molecule has 1 fully saturated rings. The van der Waals surface area contributed by atoms with Gasteiger partial charge in [-0.1, -0.05) is 24.3 Å². The smallest absolute Gasteiger partial charge is 0.305 e. The van der Waals surface area contributed by atoms with Gasteiger partial charge in [0.1, 0.15) is 47.8 Å². The van der Waals surface area contributed by atoms with E-state index in [1.54, 1.807) is 0 Å². The van der Waals surface area contributed by atoms with Crippen LogP contribution >= 0.6 is 0 Å². The third-order valence-electron chi connectivity index (χ3n) is 9.32. The molecule has 6 atom stereocenters.